The predicted octanol–water partition coefficient (Wildman–Crippen LogP) is 3.23. The van der Waals surface area contributed by atoms with Gasteiger partial charge in [-0.05, 0) is 37.1 Å². The molecule has 2 aromatic heterocycles. The zero-order valence-electron chi connectivity index (χ0n) is 18.6. The van der Waals surface area contributed by atoms with E-state index in [1.807, 2.05) is 65.7 Å². The normalized spacial score (nSPS) is 17.2. The fraction of sp³-hybridized carbons (Fsp3) is 0.360. The van der Waals surface area contributed by atoms with Crippen LogP contribution >= 0.6 is 0 Å². The molecule has 8 heteroatoms. The summed E-state index contributed by atoms with van der Waals surface area (Å²) >= 11 is 0. The number of nitrogens with zero attached hydrogens (tertiary/aromatic N) is 6. The number of carbonyl (C=O) groups excluding carboxylic acids is 1. The van der Waals surface area contributed by atoms with E-state index < -0.39 is 0 Å². The highest BCUT2D eigenvalue weighted by molar-refractivity contribution is 5.79. The van der Waals surface area contributed by atoms with Gasteiger partial charge in [0.2, 0.25) is 11.8 Å². The van der Waals surface area contributed by atoms with Crippen LogP contribution in [0.5, 0.6) is 11.6 Å². The van der Waals surface area contributed by atoms with Gasteiger partial charge in [-0.15, -0.1) is 0 Å². The summed E-state index contributed by atoms with van der Waals surface area (Å²) in [5.41, 5.74) is 0. The summed E-state index contributed by atoms with van der Waals surface area (Å²) in [4.78, 5) is 32.7. The first-order valence-corrected chi connectivity index (χ1v) is 11.5. The number of rotatable bonds is 5. The lowest BCUT2D eigenvalue weighted by Gasteiger charge is -2.39. The van der Waals surface area contributed by atoms with E-state index in [0.29, 0.717) is 5.88 Å². The molecule has 170 valence electrons. The first-order chi connectivity index (χ1) is 16.3. The summed E-state index contributed by atoms with van der Waals surface area (Å²) in [5.74, 6) is 3.45. The van der Waals surface area contributed by atoms with E-state index in [4.69, 9.17) is 4.74 Å². The quantitative estimate of drug-likeness (QED) is 0.598. The van der Waals surface area contributed by atoms with Crippen LogP contribution in [0.15, 0.2) is 67.1 Å². The number of benzene rings is 1. The van der Waals surface area contributed by atoms with Crippen molar-refractivity contribution in [1.82, 2.24) is 19.9 Å². The fourth-order valence-electron chi connectivity index (χ4n) is 4.48. The molecule has 0 N–H and O–H groups in total. The second-order valence-corrected chi connectivity index (χ2v) is 8.39. The van der Waals surface area contributed by atoms with Crippen LogP contribution in [-0.4, -0.2) is 65.0 Å². The first-order valence-electron chi connectivity index (χ1n) is 11.5. The van der Waals surface area contributed by atoms with Crippen LogP contribution in [0, 0.1) is 5.92 Å². The van der Waals surface area contributed by atoms with Gasteiger partial charge in [0.15, 0.2) is 0 Å². The minimum absolute atomic E-state index is 0.0736. The van der Waals surface area contributed by atoms with Crippen LogP contribution in [0.25, 0.3) is 0 Å². The molecule has 0 saturated carbocycles. The minimum atomic E-state index is 0.0736. The Labute approximate surface area is 193 Å². The molecular formula is C25H28N6O2. The Balaban J connectivity index is 1.13. The molecule has 3 aromatic rings. The van der Waals surface area contributed by atoms with Crippen molar-refractivity contribution < 1.29 is 9.53 Å². The Hall–Kier alpha value is -3.68. The summed E-state index contributed by atoms with van der Waals surface area (Å²) in [6.45, 7) is 4.75. The van der Waals surface area contributed by atoms with Gasteiger partial charge in [-0.25, -0.2) is 15.0 Å². The van der Waals surface area contributed by atoms with Crippen molar-refractivity contribution >= 4 is 17.5 Å². The first kappa shape index (κ1) is 21.2. The number of pyridine rings is 1. The van der Waals surface area contributed by atoms with Crippen molar-refractivity contribution in [1.29, 1.82) is 0 Å². The molecular weight excluding hydrogens is 416 g/mol. The summed E-state index contributed by atoms with van der Waals surface area (Å²) in [5, 5.41) is 0. The Bertz CT molecular complexity index is 1050. The number of amides is 1. The van der Waals surface area contributed by atoms with Crippen molar-refractivity contribution in [2.75, 3.05) is 49.1 Å². The van der Waals surface area contributed by atoms with Crippen LogP contribution in [0.2, 0.25) is 0 Å². The lowest BCUT2D eigenvalue weighted by Crippen LogP contribution is -2.52. The summed E-state index contributed by atoms with van der Waals surface area (Å²) in [7, 11) is 0. The van der Waals surface area contributed by atoms with Crippen LogP contribution in [0.1, 0.15) is 12.8 Å². The van der Waals surface area contributed by atoms with Crippen molar-refractivity contribution in [3.63, 3.8) is 0 Å². The third-order valence-electron chi connectivity index (χ3n) is 6.33. The standard InChI is InChI=1S/C25H28N6O2/c32-25(31-16-14-30(15-17-31)22-8-4-5-11-26-22)20-9-12-29(13-10-20)23-18-24(28-19-27-23)33-21-6-2-1-3-7-21/h1-8,11,18-20H,9-10,12-17H2. The van der Waals surface area contributed by atoms with Crippen molar-refractivity contribution in [2.45, 2.75) is 12.8 Å². The maximum Gasteiger partial charge on any atom is 0.225 e. The maximum absolute atomic E-state index is 13.1. The van der Waals surface area contributed by atoms with Gasteiger partial charge in [0.1, 0.15) is 23.7 Å². The van der Waals surface area contributed by atoms with Crippen LogP contribution in [0.4, 0.5) is 11.6 Å². The van der Waals surface area contributed by atoms with E-state index in [2.05, 4.69) is 24.8 Å². The molecule has 0 aliphatic carbocycles. The number of para-hydroxylation sites is 1. The predicted molar refractivity (Wildman–Crippen MR) is 127 cm³/mol. The fourth-order valence-corrected chi connectivity index (χ4v) is 4.48. The van der Waals surface area contributed by atoms with Gasteiger partial charge in [-0.1, -0.05) is 24.3 Å². The second kappa shape index (κ2) is 9.85. The molecule has 0 unspecified atom stereocenters. The smallest absolute Gasteiger partial charge is 0.225 e. The van der Waals surface area contributed by atoms with Gasteiger partial charge in [0.25, 0.3) is 0 Å². The maximum atomic E-state index is 13.1. The Morgan fingerprint density at radius 1 is 0.788 bits per heavy atom. The highest BCUT2D eigenvalue weighted by Crippen LogP contribution is 2.27. The molecule has 1 amide bonds. The number of anilines is 2. The minimum Gasteiger partial charge on any atom is -0.439 e. The highest BCUT2D eigenvalue weighted by atomic mass is 16.5. The highest BCUT2D eigenvalue weighted by Gasteiger charge is 2.31. The summed E-state index contributed by atoms with van der Waals surface area (Å²) < 4.78 is 5.84. The van der Waals surface area contributed by atoms with Gasteiger partial charge < -0.3 is 19.4 Å². The zero-order valence-corrected chi connectivity index (χ0v) is 18.6. The molecule has 2 aliphatic rings. The lowest BCUT2D eigenvalue weighted by atomic mass is 9.95. The molecule has 2 fully saturated rings. The van der Waals surface area contributed by atoms with Gasteiger partial charge in [-0.2, -0.15) is 0 Å². The number of aromatic nitrogens is 3. The number of carbonyl (C=O) groups is 1. The van der Waals surface area contributed by atoms with Gasteiger partial charge >= 0.3 is 0 Å². The van der Waals surface area contributed by atoms with E-state index in [1.54, 1.807) is 0 Å². The third-order valence-corrected chi connectivity index (χ3v) is 6.33. The van der Waals surface area contributed by atoms with Gasteiger partial charge in [0.05, 0.1) is 0 Å². The number of hydrogen-bond donors (Lipinski definition) is 0. The largest absolute Gasteiger partial charge is 0.439 e. The molecule has 5 rings (SSSR count). The molecule has 4 heterocycles. The molecule has 2 aliphatic heterocycles. The van der Waals surface area contributed by atoms with E-state index in [9.17, 15) is 4.79 Å². The van der Waals surface area contributed by atoms with E-state index in [1.165, 1.54) is 6.33 Å². The lowest BCUT2D eigenvalue weighted by molar-refractivity contribution is -0.136. The molecule has 0 atom stereocenters. The Morgan fingerprint density at radius 3 is 2.24 bits per heavy atom. The van der Waals surface area contributed by atoms with Crippen LogP contribution < -0.4 is 14.5 Å². The average Bonchev–Trinajstić information content (AvgIpc) is 2.90. The van der Waals surface area contributed by atoms with Crippen molar-refractivity contribution in [3.05, 3.63) is 67.1 Å². The number of hydrogen-bond acceptors (Lipinski definition) is 7. The van der Waals surface area contributed by atoms with Crippen molar-refractivity contribution in [2.24, 2.45) is 5.92 Å². The zero-order chi connectivity index (χ0) is 22.5. The molecule has 33 heavy (non-hydrogen) atoms. The molecule has 0 spiro atoms. The third kappa shape index (κ3) is 5.05. The molecule has 8 nitrogen and oxygen atoms in total. The Kier molecular flexibility index (Phi) is 6.32. The SMILES string of the molecule is O=C(C1CCN(c2cc(Oc3ccccc3)ncn2)CC1)N1CCN(c2ccccn2)CC1. The summed E-state index contributed by atoms with van der Waals surface area (Å²) in [6.07, 6.45) is 5.01. The topological polar surface area (TPSA) is 74.7 Å². The van der Waals surface area contributed by atoms with Crippen LogP contribution in [0.3, 0.4) is 0 Å². The van der Waals surface area contributed by atoms with Crippen LogP contribution in [-0.2, 0) is 4.79 Å². The van der Waals surface area contributed by atoms with E-state index in [-0.39, 0.29) is 11.8 Å². The Morgan fingerprint density at radius 2 is 1.52 bits per heavy atom. The number of piperidine rings is 1. The number of ether oxygens (including phenoxy) is 1. The molecule has 0 bridgehead atoms. The molecule has 0 radical (unpaired) electrons. The van der Waals surface area contributed by atoms with E-state index >= 15 is 0 Å². The van der Waals surface area contributed by atoms with Crippen molar-refractivity contribution in [3.8, 4) is 11.6 Å². The second-order valence-electron chi connectivity index (χ2n) is 8.39. The summed E-state index contributed by atoms with van der Waals surface area (Å²) in [6, 6.07) is 17.4. The van der Waals surface area contributed by atoms with Gasteiger partial charge in [0, 0.05) is 57.4 Å². The number of piperazine rings is 1. The van der Waals surface area contributed by atoms with E-state index in [0.717, 1.165) is 69.5 Å². The average molecular weight is 445 g/mol. The molecule has 1 aromatic carbocycles. The van der Waals surface area contributed by atoms with Gasteiger partial charge in [-0.3, -0.25) is 4.79 Å². The monoisotopic (exact) mass is 444 g/mol. The molecule has 2 saturated heterocycles.